The van der Waals surface area contributed by atoms with Crippen molar-refractivity contribution in [2.45, 2.75) is 17.7 Å². The summed E-state index contributed by atoms with van der Waals surface area (Å²) >= 11 is 6.05. The Kier molecular flexibility index (Phi) is 5.40. The lowest BCUT2D eigenvalue weighted by molar-refractivity contribution is -0.384. The maximum absolute atomic E-state index is 12.7. The lowest BCUT2D eigenvalue weighted by Gasteiger charge is -2.16. The molecule has 142 valence electrons. The predicted molar refractivity (Wildman–Crippen MR) is 98.3 cm³/mol. The number of rotatable bonds is 5. The molecule has 11 heteroatoms. The molecule has 0 saturated carbocycles. The molecular formula is C16H15ClN4O5S. The minimum atomic E-state index is -3.73. The van der Waals surface area contributed by atoms with Crippen LogP contribution in [0, 0.1) is 10.1 Å². The smallest absolute Gasteiger partial charge is 0.310 e. The number of aromatic nitrogens is 1. The van der Waals surface area contributed by atoms with Crippen LogP contribution in [0.1, 0.15) is 23.2 Å². The van der Waals surface area contributed by atoms with Crippen molar-refractivity contribution in [1.29, 1.82) is 0 Å². The maximum Gasteiger partial charge on any atom is 0.310 e. The molecule has 0 radical (unpaired) electrons. The molecule has 0 spiro atoms. The van der Waals surface area contributed by atoms with Crippen LogP contribution >= 0.6 is 11.6 Å². The number of nitrogens with zero attached hydrogens (tertiary/aromatic N) is 3. The molecule has 1 fully saturated rings. The summed E-state index contributed by atoms with van der Waals surface area (Å²) in [5, 5.41) is 13.5. The van der Waals surface area contributed by atoms with Crippen LogP contribution in [0.15, 0.2) is 41.6 Å². The molecule has 1 amide bonds. The summed E-state index contributed by atoms with van der Waals surface area (Å²) < 4.78 is 26.7. The quantitative estimate of drug-likeness (QED) is 0.597. The van der Waals surface area contributed by atoms with E-state index in [1.807, 2.05) is 0 Å². The minimum Gasteiger partial charge on any atom is -0.316 e. The van der Waals surface area contributed by atoms with Crippen molar-refractivity contribution in [2.75, 3.05) is 18.4 Å². The van der Waals surface area contributed by atoms with Crippen LogP contribution < -0.4 is 5.32 Å². The zero-order valence-electron chi connectivity index (χ0n) is 14.0. The van der Waals surface area contributed by atoms with Crippen LogP contribution in [0.2, 0.25) is 5.02 Å². The van der Waals surface area contributed by atoms with Crippen LogP contribution in [-0.4, -0.2) is 41.6 Å². The van der Waals surface area contributed by atoms with Gasteiger partial charge in [-0.3, -0.25) is 19.9 Å². The molecular weight excluding hydrogens is 396 g/mol. The Morgan fingerprint density at radius 3 is 2.63 bits per heavy atom. The summed E-state index contributed by atoms with van der Waals surface area (Å²) in [5.74, 6) is -0.757. The molecule has 2 heterocycles. The van der Waals surface area contributed by atoms with Crippen molar-refractivity contribution in [3.63, 3.8) is 0 Å². The number of carbonyl (C=O) groups is 1. The number of carbonyl (C=O) groups excluding carboxylic acids is 1. The number of benzene rings is 1. The van der Waals surface area contributed by atoms with E-state index in [0.29, 0.717) is 13.1 Å². The average Bonchev–Trinajstić information content (AvgIpc) is 3.17. The van der Waals surface area contributed by atoms with Gasteiger partial charge in [-0.25, -0.2) is 8.42 Å². The zero-order chi connectivity index (χ0) is 19.6. The molecule has 1 saturated heterocycles. The second-order valence-electron chi connectivity index (χ2n) is 5.86. The van der Waals surface area contributed by atoms with Crippen molar-refractivity contribution in [3.8, 4) is 0 Å². The molecule has 1 aromatic heterocycles. The van der Waals surface area contributed by atoms with E-state index in [2.05, 4.69) is 10.3 Å². The Balaban J connectivity index is 1.93. The van der Waals surface area contributed by atoms with Gasteiger partial charge in [0.25, 0.3) is 5.91 Å². The summed E-state index contributed by atoms with van der Waals surface area (Å²) in [6.07, 6.45) is 3.86. The van der Waals surface area contributed by atoms with Crippen molar-refractivity contribution in [2.24, 2.45) is 0 Å². The van der Waals surface area contributed by atoms with Gasteiger partial charge in [0.1, 0.15) is 11.9 Å². The normalized spacial score (nSPS) is 14.9. The third-order valence-electron chi connectivity index (χ3n) is 4.13. The SMILES string of the molecule is O=C(Nc1ccncc1[N+](=O)[O-])c1cc(S(=O)(=O)N2CCCC2)ccc1Cl. The van der Waals surface area contributed by atoms with Crippen molar-refractivity contribution < 1.29 is 18.1 Å². The summed E-state index contributed by atoms with van der Waals surface area (Å²) in [7, 11) is -3.73. The third-order valence-corrected chi connectivity index (χ3v) is 6.35. The lowest BCUT2D eigenvalue weighted by atomic mass is 10.2. The predicted octanol–water partition coefficient (Wildman–Crippen LogP) is 2.68. The summed E-state index contributed by atoms with van der Waals surface area (Å²) in [6.45, 7) is 0.853. The number of nitro groups is 1. The van der Waals surface area contributed by atoms with Crippen LogP contribution in [0.3, 0.4) is 0 Å². The maximum atomic E-state index is 12.7. The number of hydrogen-bond donors (Lipinski definition) is 1. The van der Waals surface area contributed by atoms with Crippen molar-refractivity contribution in [1.82, 2.24) is 9.29 Å². The van der Waals surface area contributed by atoms with Gasteiger partial charge in [0.2, 0.25) is 10.0 Å². The number of amides is 1. The Labute approximate surface area is 160 Å². The van der Waals surface area contributed by atoms with Crippen LogP contribution in [0.5, 0.6) is 0 Å². The van der Waals surface area contributed by atoms with Crippen molar-refractivity contribution in [3.05, 3.63) is 57.4 Å². The number of pyridine rings is 1. The third kappa shape index (κ3) is 3.92. The molecule has 0 unspecified atom stereocenters. The number of anilines is 1. The lowest BCUT2D eigenvalue weighted by Crippen LogP contribution is -2.28. The van der Waals surface area contributed by atoms with E-state index in [4.69, 9.17) is 11.6 Å². The molecule has 1 aromatic carbocycles. The van der Waals surface area contributed by atoms with Gasteiger partial charge in [0, 0.05) is 19.3 Å². The van der Waals surface area contributed by atoms with Crippen LogP contribution in [-0.2, 0) is 10.0 Å². The van der Waals surface area contributed by atoms with Gasteiger partial charge in [-0.2, -0.15) is 4.31 Å². The number of sulfonamides is 1. The molecule has 27 heavy (non-hydrogen) atoms. The molecule has 9 nitrogen and oxygen atoms in total. The largest absolute Gasteiger partial charge is 0.316 e. The summed E-state index contributed by atoms with van der Waals surface area (Å²) in [6, 6.07) is 5.11. The second kappa shape index (κ2) is 7.59. The highest BCUT2D eigenvalue weighted by Crippen LogP contribution is 2.27. The van der Waals surface area contributed by atoms with E-state index < -0.39 is 20.9 Å². The van der Waals surface area contributed by atoms with Gasteiger partial charge in [-0.1, -0.05) is 11.6 Å². The number of nitrogens with one attached hydrogen (secondary N) is 1. The molecule has 0 aliphatic carbocycles. The molecule has 3 rings (SSSR count). The monoisotopic (exact) mass is 410 g/mol. The molecule has 1 aliphatic heterocycles. The van der Waals surface area contributed by atoms with E-state index in [0.717, 1.165) is 19.0 Å². The van der Waals surface area contributed by atoms with E-state index in [1.165, 1.54) is 34.8 Å². The summed E-state index contributed by atoms with van der Waals surface area (Å²) in [4.78, 5) is 26.5. The first-order valence-corrected chi connectivity index (χ1v) is 9.82. The molecule has 0 bridgehead atoms. The standard InChI is InChI=1S/C16H15ClN4O5S/c17-13-4-3-11(27(25,26)20-7-1-2-8-20)9-12(13)16(22)19-14-5-6-18-10-15(14)21(23)24/h3-6,9-10H,1-2,7-8H2,(H,18,19,22). The van der Waals surface area contributed by atoms with Gasteiger partial charge in [0.05, 0.1) is 20.4 Å². The Bertz CT molecular complexity index is 1010. The highest BCUT2D eigenvalue weighted by atomic mass is 35.5. The average molecular weight is 411 g/mol. The fourth-order valence-electron chi connectivity index (χ4n) is 2.74. The number of halogens is 1. The Morgan fingerprint density at radius 1 is 1.26 bits per heavy atom. The first-order valence-electron chi connectivity index (χ1n) is 8.00. The summed E-state index contributed by atoms with van der Waals surface area (Å²) in [5.41, 5.74) is -0.547. The molecule has 1 aliphatic rings. The topological polar surface area (TPSA) is 123 Å². The highest BCUT2D eigenvalue weighted by Gasteiger charge is 2.28. The van der Waals surface area contributed by atoms with Crippen LogP contribution in [0.4, 0.5) is 11.4 Å². The van der Waals surface area contributed by atoms with Gasteiger partial charge < -0.3 is 5.32 Å². The Morgan fingerprint density at radius 2 is 1.96 bits per heavy atom. The first kappa shape index (κ1) is 19.2. The molecule has 2 aromatic rings. The fraction of sp³-hybridized carbons (Fsp3) is 0.250. The van der Waals surface area contributed by atoms with Crippen LogP contribution in [0.25, 0.3) is 0 Å². The van der Waals surface area contributed by atoms with Crippen molar-refractivity contribution >= 4 is 38.9 Å². The second-order valence-corrected chi connectivity index (χ2v) is 8.20. The van der Waals surface area contributed by atoms with Gasteiger partial charge in [-0.05, 0) is 37.1 Å². The van der Waals surface area contributed by atoms with E-state index in [9.17, 15) is 23.3 Å². The van der Waals surface area contributed by atoms with E-state index >= 15 is 0 Å². The molecule has 0 atom stereocenters. The van der Waals surface area contributed by atoms with E-state index in [-0.39, 0.29) is 26.9 Å². The Hall–Kier alpha value is -2.56. The van der Waals surface area contributed by atoms with Gasteiger partial charge in [0.15, 0.2) is 0 Å². The highest BCUT2D eigenvalue weighted by molar-refractivity contribution is 7.89. The van der Waals surface area contributed by atoms with E-state index in [1.54, 1.807) is 0 Å². The zero-order valence-corrected chi connectivity index (χ0v) is 15.5. The first-order chi connectivity index (χ1) is 12.8. The van der Waals surface area contributed by atoms with Gasteiger partial charge in [-0.15, -0.1) is 0 Å². The minimum absolute atomic E-state index is 0.0320. The fourth-order valence-corrected chi connectivity index (χ4v) is 4.49. The molecule has 1 N–H and O–H groups in total. The number of hydrogen-bond acceptors (Lipinski definition) is 6. The van der Waals surface area contributed by atoms with Gasteiger partial charge >= 0.3 is 5.69 Å².